The lowest BCUT2D eigenvalue weighted by Gasteiger charge is -2.22. The largest absolute Gasteiger partial charge is 0.308 e. The molecule has 0 fully saturated rings. The van der Waals surface area contributed by atoms with E-state index < -0.39 is 11.8 Å². The van der Waals surface area contributed by atoms with Crippen LogP contribution < -0.4 is 4.90 Å². The summed E-state index contributed by atoms with van der Waals surface area (Å²) >= 11 is 0. The number of imide groups is 1. The van der Waals surface area contributed by atoms with E-state index in [-0.39, 0.29) is 0 Å². The fourth-order valence-electron chi connectivity index (χ4n) is 8.33. The Morgan fingerprint density at radius 1 is 0.466 bits per heavy atom. The molecule has 9 aromatic rings. The molecular weight excluding hydrogens is 713 g/mol. The second-order valence-electron chi connectivity index (χ2n) is 14.2. The molecule has 0 atom stereocenters. The van der Waals surface area contributed by atoms with Crippen LogP contribution in [0.1, 0.15) is 26.3 Å². The van der Waals surface area contributed by atoms with Crippen LogP contribution in [-0.2, 0) is 0 Å². The van der Waals surface area contributed by atoms with Crippen molar-refractivity contribution in [3.63, 3.8) is 0 Å². The van der Waals surface area contributed by atoms with Crippen molar-refractivity contribution in [2.45, 2.75) is 0 Å². The summed E-state index contributed by atoms with van der Waals surface area (Å²) in [4.78, 5) is 34.9. The van der Waals surface area contributed by atoms with E-state index in [0.717, 1.165) is 66.3 Å². The number of amides is 2. The number of nitriles is 1. The van der Waals surface area contributed by atoms with Gasteiger partial charge in [-0.15, -0.1) is 0 Å². The third-order valence-corrected chi connectivity index (χ3v) is 11.0. The summed E-state index contributed by atoms with van der Waals surface area (Å²) in [5.41, 5.74) is 11.6. The zero-order valence-electron chi connectivity index (χ0n) is 30.9. The van der Waals surface area contributed by atoms with Gasteiger partial charge in [-0.1, -0.05) is 133 Å². The van der Waals surface area contributed by atoms with Gasteiger partial charge in [0.05, 0.1) is 51.7 Å². The molecule has 1 aliphatic rings. The topological polar surface area (TPSA) is 70.5 Å². The number of carbonyl (C=O) groups is 2. The summed E-state index contributed by atoms with van der Waals surface area (Å²) in [7, 11) is 0. The molecule has 0 saturated carbocycles. The number of nitrogens with zero attached hydrogens (tertiary/aromatic N) is 4. The number of fused-ring (bicyclic) bond motifs is 4. The fraction of sp³-hybridized carbons (Fsp3) is 0. The Labute approximate surface area is 334 Å². The van der Waals surface area contributed by atoms with Gasteiger partial charge in [-0.05, 0) is 87.5 Å². The Morgan fingerprint density at radius 2 is 1.02 bits per heavy atom. The quantitative estimate of drug-likeness (QED) is 0.126. The Bertz CT molecular complexity index is 3130. The average Bonchev–Trinajstić information content (AvgIpc) is 3.75. The zero-order chi connectivity index (χ0) is 39.3. The highest BCUT2D eigenvalue weighted by atomic mass is 16.2. The third kappa shape index (κ3) is 5.48. The lowest BCUT2D eigenvalue weighted by atomic mass is 9.92. The minimum absolute atomic E-state index is 0.313. The highest BCUT2D eigenvalue weighted by molar-refractivity contribution is 6.37. The number of hydrogen-bond acceptors (Lipinski definition) is 3. The average molecular weight is 743 g/mol. The molecule has 0 bridgehead atoms. The van der Waals surface area contributed by atoms with Crippen LogP contribution in [0, 0.1) is 17.9 Å². The maximum Gasteiger partial charge on any atom is 0.268 e. The first-order valence-corrected chi connectivity index (χ1v) is 18.8. The van der Waals surface area contributed by atoms with Crippen molar-refractivity contribution in [2.75, 3.05) is 4.90 Å². The van der Waals surface area contributed by atoms with Gasteiger partial charge in [-0.3, -0.25) is 9.59 Å². The van der Waals surface area contributed by atoms with E-state index in [4.69, 9.17) is 6.57 Å². The summed E-state index contributed by atoms with van der Waals surface area (Å²) in [6.45, 7) is 7.61. The number of hydrogen-bond donors (Lipinski definition) is 0. The van der Waals surface area contributed by atoms with Crippen molar-refractivity contribution in [1.82, 2.24) is 4.57 Å². The van der Waals surface area contributed by atoms with E-state index in [9.17, 15) is 10.1 Å². The van der Waals surface area contributed by atoms with E-state index in [1.165, 1.54) is 4.90 Å². The van der Waals surface area contributed by atoms with Crippen molar-refractivity contribution < 1.29 is 9.59 Å². The van der Waals surface area contributed by atoms with Crippen LogP contribution >= 0.6 is 0 Å². The van der Waals surface area contributed by atoms with Crippen molar-refractivity contribution in [3.8, 4) is 56.3 Å². The molecule has 2 amide bonds. The molecule has 0 N–H and O–H groups in total. The van der Waals surface area contributed by atoms with Crippen molar-refractivity contribution in [2.24, 2.45) is 0 Å². The first kappa shape index (κ1) is 34.2. The maximum atomic E-state index is 15.2. The van der Waals surface area contributed by atoms with Gasteiger partial charge in [0, 0.05) is 16.3 Å². The number of aromatic nitrogens is 1. The highest BCUT2D eigenvalue weighted by Crippen LogP contribution is 2.45. The molecule has 6 heteroatoms. The molecule has 8 aromatic carbocycles. The van der Waals surface area contributed by atoms with Crippen LogP contribution in [0.15, 0.2) is 182 Å². The standard InChI is InChI=1S/C52H30N4O2/c1-54-40-19-9-18-37(29-40)39-25-27-43-42-26-24-38(36-17-8-12-33(28-36)32-53)30-47(42)55(48(43)31-39)46-23-11-21-44-50(46)52(58)56(51(44)57)45-22-10-20-41(34-13-4-2-5-14-34)49(45)35-15-6-3-7-16-35/h2-31H. The first-order valence-electron chi connectivity index (χ1n) is 18.8. The number of benzene rings is 8. The number of rotatable bonds is 6. The van der Waals surface area contributed by atoms with Gasteiger partial charge in [-0.2, -0.15) is 5.26 Å². The first-order chi connectivity index (χ1) is 28.5. The lowest BCUT2D eigenvalue weighted by molar-refractivity contribution is 0.0926. The Balaban J connectivity index is 1.22. The zero-order valence-corrected chi connectivity index (χ0v) is 30.9. The normalized spacial score (nSPS) is 12.1. The van der Waals surface area contributed by atoms with Crippen molar-refractivity contribution in [1.29, 1.82) is 5.26 Å². The summed E-state index contributed by atoms with van der Waals surface area (Å²) in [6, 6.07) is 60.8. The van der Waals surface area contributed by atoms with E-state index in [1.807, 2.05) is 133 Å². The molecule has 2 heterocycles. The van der Waals surface area contributed by atoms with Crippen LogP contribution in [0.2, 0.25) is 0 Å². The van der Waals surface area contributed by atoms with Crippen LogP contribution in [0.5, 0.6) is 0 Å². The molecule has 0 radical (unpaired) electrons. The van der Waals surface area contributed by atoms with Crippen LogP contribution in [0.3, 0.4) is 0 Å². The SMILES string of the molecule is [C-]#[N+]c1cccc(-c2ccc3c4ccc(-c5cccc(C#N)c5)cc4n(-c4cccc5c4C(=O)N(c4cccc(-c6ccccc6)c4-c4ccccc4)C5=O)c3c2)c1. The van der Waals surface area contributed by atoms with Crippen LogP contribution in [0.25, 0.3) is 76.8 Å². The summed E-state index contributed by atoms with van der Waals surface area (Å²) in [5.74, 6) is -0.803. The maximum absolute atomic E-state index is 15.2. The molecular formula is C52H30N4O2. The molecule has 6 nitrogen and oxygen atoms in total. The molecule has 270 valence electrons. The second kappa shape index (κ2) is 13.8. The minimum Gasteiger partial charge on any atom is -0.308 e. The van der Waals surface area contributed by atoms with Gasteiger partial charge >= 0.3 is 0 Å². The highest BCUT2D eigenvalue weighted by Gasteiger charge is 2.41. The van der Waals surface area contributed by atoms with E-state index >= 15 is 4.79 Å². The van der Waals surface area contributed by atoms with Crippen LogP contribution in [-0.4, -0.2) is 16.4 Å². The molecule has 0 aliphatic carbocycles. The molecule has 10 rings (SSSR count). The molecule has 0 saturated heterocycles. The van der Waals surface area contributed by atoms with Gasteiger partial charge in [0.15, 0.2) is 5.69 Å². The predicted molar refractivity (Wildman–Crippen MR) is 231 cm³/mol. The van der Waals surface area contributed by atoms with Gasteiger partial charge in [0.25, 0.3) is 11.8 Å². The predicted octanol–water partition coefficient (Wildman–Crippen LogP) is 12.7. The minimum atomic E-state index is -0.410. The number of anilines is 1. The van der Waals surface area contributed by atoms with Gasteiger partial charge in [-0.25, -0.2) is 9.74 Å². The summed E-state index contributed by atoms with van der Waals surface area (Å²) in [6.07, 6.45) is 0. The molecule has 1 aromatic heterocycles. The fourth-order valence-corrected chi connectivity index (χ4v) is 8.33. The Hall–Kier alpha value is -8.32. The smallest absolute Gasteiger partial charge is 0.268 e. The van der Waals surface area contributed by atoms with Crippen molar-refractivity contribution in [3.05, 3.63) is 210 Å². The Kier molecular flexibility index (Phi) is 8.11. The molecule has 0 unspecified atom stereocenters. The van der Waals surface area contributed by atoms with E-state index in [0.29, 0.717) is 33.8 Å². The Morgan fingerprint density at radius 3 is 1.67 bits per heavy atom. The van der Waals surface area contributed by atoms with Gasteiger partial charge < -0.3 is 4.57 Å². The third-order valence-electron chi connectivity index (χ3n) is 11.0. The van der Waals surface area contributed by atoms with Gasteiger partial charge in [0.2, 0.25) is 0 Å². The van der Waals surface area contributed by atoms with Crippen LogP contribution in [0.4, 0.5) is 11.4 Å². The monoisotopic (exact) mass is 742 g/mol. The summed E-state index contributed by atoms with van der Waals surface area (Å²) in [5, 5.41) is 11.6. The van der Waals surface area contributed by atoms with Crippen molar-refractivity contribution >= 4 is 45.0 Å². The van der Waals surface area contributed by atoms with E-state index in [1.54, 1.807) is 18.2 Å². The second-order valence-corrected chi connectivity index (χ2v) is 14.2. The molecule has 1 aliphatic heterocycles. The van der Waals surface area contributed by atoms with Gasteiger partial charge in [0.1, 0.15) is 0 Å². The van der Waals surface area contributed by atoms with E-state index in [2.05, 4.69) is 45.8 Å². The lowest BCUT2D eigenvalue weighted by Crippen LogP contribution is -2.30. The molecule has 58 heavy (non-hydrogen) atoms. The molecule has 0 spiro atoms. The summed E-state index contributed by atoms with van der Waals surface area (Å²) < 4.78 is 2.08. The number of carbonyl (C=O) groups excluding carboxylic acids is 2.